The number of hydrogen-bond donors (Lipinski definition) is 2. The first-order valence-electron chi connectivity index (χ1n) is 9.47. The van der Waals surface area contributed by atoms with Crippen molar-refractivity contribution >= 4 is 33.9 Å². The molecule has 3 rings (SSSR count). The van der Waals surface area contributed by atoms with Gasteiger partial charge in [0.1, 0.15) is 11.3 Å². The summed E-state index contributed by atoms with van der Waals surface area (Å²) >= 11 is 5.65. The Hall–Kier alpha value is -2.66. The van der Waals surface area contributed by atoms with Crippen molar-refractivity contribution in [3.05, 3.63) is 65.4 Å². The molecule has 0 amide bonds. The molecule has 5 heteroatoms. The van der Waals surface area contributed by atoms with E-state index in [2.05, 4.69) is 61.5 Å². The summed E-state index contributed by atoms with van der Waals surface area (Å²) in [7, 11) is 1.65. The van der Waals surface area contributed by atoms with Gasteiger partial charge < -0.3 is 15.4 Å². The number of anilines is 1. The van der Waals surface area contributed by atoms with Crippen molar-refractivity contribution in [1.82, 2.24) is 10.3 Å². The van der Waals surface area contributed by atoms with Crippen molar-refractivity contribution in [3.63, 3.8) is 0 Å². The van der Waals surface area contributed by atoms with E-state index in [0.29, 0.717) is 11.0 Å². The standard InChI is InChI=1S/C23H27N3OS/c1-14(2)21(17-9-8-15(3)13-16(17)4)26-23(28)25-19-10-11-20(27-5)22-18(19)7-6-12-24-22/h6-14,21H,1-5H3,(H2,25,26,28)/t21-/m1/s1. The number of ether oxygens (including phenoxy) is 1. The Morgan fingerprint density at radius 2 is 1.89 bits per heavy atom. The van der Waals surface area contributed by atoms with Crippen LogP contribution in [-0.4, -0.2) is 17.2 Å². The van der Waals surface area contributed by atoms with Gasteiger partial charge in [-0.15, -0.1) is 0 Å². The van der Waals surface area contributed by atoms with E-state index in [9.17, 15) is 0 Å². The van der Waals surface area contributed by atoms with Crippen LogP contribution in [0, 0.1) is 19.8 Å². The van der Waals surface area contributed by atoms with E-state index < -0.39 is 0 Å². The van der Waals surface area contributed by atoms with E-state index in [0.717, 1.165) is 22.3 Å². The largest absolute Gasteiger partial charge is 0.494 e. The summed E-state index contributed by atoms with van der Waals surface area (Å²) in [5.74, 6) is 1.13. The second kappa shape index (κ2) is 8.57. The van der Waals surface area contributed by atoms with Crippen LogP contribution >= 0.6 is 12.2 Å². The zero-order chi connectivity index (χ0) is 20.3. The normalized spacial score (nSPS) is 12.1. The van der Waals surface area contributed by atoms with E-state index in [4.69, 9.17) is 17.0 Å². The average Bonchev–Trinajstić information content (AvgIpc) is 2.67. The van der Waals surface area contributed by atoms with Gasteiger partial charge >= 0.3 is 0 Å². The molecule has 1 aromatic heterocycles. The fourth-order valence-corrected chi connectivity index (χ4v) is 3.74. The molecule has 1 atom stereocenters. The van der Waals surface area contributed by atoms with Crippen LogP contribution in [0.15, 0.2) is 48.7 Å². The summed E-state index contributed by atoms with van der Waals surface area (Å²) in [6.07, 6.45) is 1.76. The number of fused-ring (bicyclic) bond motifs is 1. The maximum atomic E-state index is 5.65. The predicted octanol–water partition coefficient (Wildman–Crippen LogP) is 5.54. The molecule has 0 spiro atoms. The van der Waals surface area contributed by atoms with E-state index in [1.54, 1.807) is 13.3 Å². The Kier molecular flexibility index (Phi) is 6.15. The molecule has 0 fully saturated rings. The fourth-order valence-electron chi connectivity index (χ4n) is 3.50. The maximum absolute atomic E-state index is 5.65. The molecule has 1 heterocycles. The summed E-state index contributed by atoms with van der Waals surface area (Å²) in [6.45, 7) is 8.67. The summed E-state index contributed by atoms with van der Waals surface area (Å²) in [6, 6.07) is 14.5. The van der Waals surface area contributed by atoms with Crippen LogP contribution in [0.4, 0.5) is 5.69 Å². The lowest BCUT2D eigenvalue weighted by Gasteiger charge is -2.26. The quantitative estimate of drug-likeness (QED) is 0.557. The third-order valence-corrected chi connectivity index (χ3v) is 5.13. The summed E-state index contributed by atoms with van der Waals surface area (Å²) < 4.78 is 5.43. The van der Waals surface area contributed by atoms with Crippen LogP contribution in [0.1, 0.15) is 36.6 Å². The van der Waals surface area contributed by atoms with Gasteiger partial charge in [0.2, 0.25) is 0 Å². The van der Waals surface area contributed by atoms with Crippen LogP contribution in [0.5, 0.6) is 5.75 Å². The van der Waals surface area contributed by atoms with Crippen molar-refractivity contribution in [1.29, 1.82) is 0 Å². The number of aromatic nitrogens is 1. The number of nitrogens with zero attached hydrogens (tertiary/aromatic N) is 1. The van der Waals surface area contributed by atoms with Gasteiger partial charge in [0.25, 0.3) is 0 Å². The van der Waals surface area contributed by atoms with Crippen LogP contribution in [0.3, 0.4) is 0 Å². The van der Waals surface area contributed by atoms with Crippen molar-refractivity contribution in [2.45, 2.75) is 33.7 Å². The number of aryl methyl sites for hydroxylation is 2. The lowest BCUT2D eigenvalue weighted by atomic mass is 9.92. The van der Waals surface area contributed by atoms with Gasteiger partial charge in [-0.25, -0.2) is 0 Å². The summed E-state index contributed by atoms with van der Waals surface area (Å²) in [5.41, 5.74) is 5.53. The minimum Gasteiger partial charge on any atom is -0.494 e. The Labute approximate surface area is 172 Å². The molecule has 0 saturated carbocycles. The van der Waals surface area contributed by atoms with Crippen LogP contribution in [0.2, 0.25) is 0 Å². The number of benzene rings is 2. The third kappa shape index (κ3) is 4.25. The number of pyridine rings is 1. The predicted molar refractivity (Wildman–Crippen MR) is 121 cm³/mol. The second-order valence-corrected chi connectivity index (χ2v) is 7.80. The van der Waals surface area contributed by atoms with Crippen molar-refractivity contribution in [2.75, 3.05) is 12.4 Å². The van der Waals surface area contributed by atoms with E-state index in [1.165, 1.54) is 16.7 Å². The Morgan fingerprint density at radius 3 is 2.57 bits per heavy atom. The number of nitrogens with one attached hydrogen (secondary N) is 2. The minimum atomic E-state index is 0.128. The average molecular weight is 394 g/mol. The molecule has 0 aliphatic rings. The van der Waals surface area contributed by atoms with E-state index in [-0.39, 0.29) is 6.04 Å². The van der Waals surface area contributed by atoms with Gasteiger partial charge in [-0.2, -0.15) is 0 Å². The van der Waals surface area contributed by atoms with Crippen molar-refractivity contribution in [3.8, 4) is 5.75 Å². The first-order chi connectivity index (χ1) is 13.4. The molecule has 3 aromatic rings. The molecule has 4 nitrogen and oxygen atoms in total. The highest BCUT2D eigenvalue weighted by Crippen LogP contribution is 2.30. The Balaban J connectivity index is 1.85. The zero-order valence-corrected chi connectivity index (χ0v) is 17.9. The minimum absolute atomic E-state index is 0.128. The highest BCUT2D eigenvalue weighted by molar-refractivity contribution is 7.80. The Morgan fingerprint density at radius 1 is 1.11 bits per heavy atom. The van der Waals surface area contributed by atoms with Crippen molar-refractivity contribution in [2.24, 2.45) is 5.92 Å². The summed E-state index contributed by atoms with van der Waals surface area (Å²) in [4.78, 5) is 4.45. The van der Waals surface area contributed by atoms with Gasteiger partial charge in [0.15, 0.2) is 5.11 Å². The number of methoxy groups -OCH3 is 1. The lowest BCUT2D eigenvalue weighted by Crippen LogP contribution is -2.35. The van der Waals surface area contributed by atoms with Crippen LogP contribution < -0.4 is 15.4 Å². The molecular formula is C23H27N3OS. The molecule has 0 unspecified atom stereocenters. The first kappa shape index (κ1) is 20.1. The Bertz CT molecular complexity index is 1000. The van der Waals surface area contributed by atoms with Crippen molar-refractivity contribution < 1.29 is 4.74 Å². The number of thiocarbonyl (C=S) groups is 1. The van der Waals surface area contributed by atoms with Crippen LogP contribution in [0.25, 0.3) is 10.9 Å². The van der Waals surface area contributed by atoms with E-state index in [1.807, 2.05) is 24.3 Å². The molecule has 146 valence electrons. The lowest BCUT2D eigenvalue weighted by molar-refractivity contribution is 0.419. The fraction of sp³-hybridized carbons (Fsp3) is 0.304. The molecule has 0 bridgehead atoms. The van der Waals surface area contributed by atoms with Gasteiger partial charge in [0.05, 0.1) is 13.2 Å². The maximum Gasteiger partial charge on any atom is 0.171 e. The van der Waals surface area contributed by atoms with E-state index >= 15 is 0 Å². The molecule has 0 radical (unpaired) electrons. The second-order valence-electron chi connectivity index (χ2n) is 7.40. The SMILES string of the molecule is COc1ccc(NC(=S)N[C@@H](c2ccc(C)cc2C)C(C)C)c2cccnc12. The molecule has 2 aromatic carbocycles. The third-order valence-electron chi connectivity index (χ3n) is 4.91. The number of hydrogen-bond acceptors (Lipinski definition) is 3. The summed E-state index contributed by atoms with van der Waals surface area (Å²) in [5, 5.41) is 8.41. The molecule has 0 aliphatic carbocycles. The highest BCUT2D eigenvalue weighted by Gasteiger charge is 2.19. The number of rotatable bonds is 5. The van der Waals surface area contributed by atoms with Gasteiger partial charge in [-0.1, -0.05) is 37.6 Å². The van der Waals surface area contributed by atoms with Crippen LogP contribution in [-0.2, 0) is 0 Å². The monoisotopic (exact) mass is 393 g/mol. The molecule has 0 aliphatic heterocycles. The molecule has 2 N–H and O–H groups in total. The highest BCUT2D eigenvalue weighted by atomic mass is 32.1. The molecule has 0 saturated heterocycles. The zero-order valence-electron chi connectivity index (χ0n) is 17.0. The van der Waals surface area contributed by atoms with Gasteiger partial charge in [-0.3, -0.25) is 4.98 Å². The molecule has 28 heavy (non-hydrogen) atoms. The topological polar surface area (TPSA) is 46.2 Å². The van der Waals surface area contributed by atoms with Gasteiger partial charge in [-0.05, 0) is 67.4 Å². The molecular weight excluding hydrogens is 366 g/mol. The first-order valence-corrected chi connectivity index (χ1v) is 9.88. The van der Waals surface area contributed by atoms with Gasteiger partial charge in [0, 0.05) is 17.3 Å². The smallest absolute Gasteiger partial charge is 0.171 e.